The van der Waals surface area contributed by atoms with Gasteiger partial charge in [0.1, 0.15) is 6.04 Å². The summed E-state index contributed by atoms with van der Waals surface area (Å²) in [6.07, 6.45) is 4.93. The smallest absolute Gasteiger partial charge is 0.270 e. The molecule has 3 aliphatic heterocycles. The molecule has 2 aromatic rings. The molecule has 2 saturated heterocycles. The topological polar surface area (TPSA) is 113 Å². The number of hydrogen-bond acceptors (Lipinski definition) is 7. The Labute approximate surface area is 176 Å². The molecule has 0 bridgehead atoms. The number of allylic oxidation sites excluding steroid dienone is 1. The highest BCUT2D eigenvalue weighted by Gasteiger charge is 2.64. The standard InChI is InChI=1S/C22H16N4O5/c27-20(13-6-4-9-15(12-13)26(30)31)19-18-17(16-10-5-11-23-25(16)19)21(28)24(22(18)29)14-7-2-1-3-8-14/h1-12,16-19H/t16-,17-,18+,19-/m0/s1. The van der Waals surface area contributed by atoms with Crippen LogP contribution in [0.3, 0.4) is 0 Å². The Bertz CT molecular complexity index is 1180. The molecule has 4 atom stereocenters. The summed E-state index contributed by atoms with van der Waals surface area (Å²) in [6.45, 7) is 0. The van der Waals surface area contributed by atoms with Crippen LogP contribution in [0.1, 0.15) is 10.4 Å². The van der Waals surface area contributed by atoms with Gasteiger partial charge in [0, 0.05) is 23.9 Å². The minimum Gasteiger partial charge on any atom is -0.292 e. The zero-order valence-corrected chi connectivity index (χ0v) is 16.1. The number of carbonyl (C=O) groups excluding carboxylic acids is 3. The van der Waals surface area contributed by atoms with E-state index in [9.17, 15) is 24.5 Å². The first-order valence-corrected chi connectivity index (χ1v) is 9.69. The molecule has 9 heteroatoms. The molecule has 0 N–H and O–H groups in total. The molecule has 0 saturated carbocycles. The minimum atomic E-state index is -1.04. The molecule has 0 radical (unpaired) electrons. The number of imide groups is 1. The van der Waals surface area contributed by atoms with Gasteiger partial charge in [-0.05, 0) is 18.2 Å². The second-order valence-corrected chi connectivity index (χ2v) is 7.54. The summed E-state index contributed by atoms with van der Waals surface area (Å²) in [4.78, 5) is 51.9. The number of benzene rings is 2. The molecular weight excluding hydrogens is 400 g/mol. The third-order valence-electron chi connectivity index (χ3n) is 5.92. The van der Waals surface area contributed by atoms with Crippen LogP contribution in [0.15, 0.2) is 71.9 Å². The van der Waals surface area contributed by atoms with E-state index in [1.807, 2.05) is 0 Å². The van der Waals surface area contributed by atoms with Crippen molar-refractivity contribution in [1.82, 2.24) is 5.01 Å². The van der Waals surface area contributed by atoms with Crippen LogP contribution in [0.4, 0.5) is 11.4 Å². The molecule has 0 aromatic heterocycles. The summed E-state index contributed by atoms with van der Waals surface area (Å²) in [7, 11) is 0. The number of para-hydroxylation sites is 1. The number of nitro groups is 1. The van der Waals surface area contributed by atoms with Crippen LogP contribution in [0, 0.1) is 22.0 Å². The van der Waals surface area contributed by atoms with Gasteiger partial charge in [-0.15, -0.1) is 0 Å². The van der Waals surface area contributed by atoms with Crippen molar-refractivity contribution in [2.24, 2.45) is 16.9 Å². The maximum atomic E-state index is 13.5. The number of fused-ring (bicyclic) bond motifs is 3. The minimum absolute atomic E-state index is 0.0989. The van der Waals surface area contributed by atoms with E-state index in [0.29, 0.717) is 5.69 Å². The van der Waals surface area contributed by atoms with Crippen LogP contribution < -0.4 is 4.90 Å². The molecule has 2 aromatic carbocycles. The summed E-state index contributed by atoms with van der Waals surface area (Å²) in [5, 5.41) is 16.9. The van der Waals surface area contributed by atoms with Crippen molar-refractivity contribution in [3.8, 4) is 0 Å². The fourth-order valence-electron chi connectivity index (χ4n) is 4.61. The third-order valence-corrected chi connectivity index (χ3v) is 5.92. The number of ketones is 1. The van der Waals surface area contributed by atoms with Gasteiger partial charge >= 0.3 is 0 Å². The summed E-state index contributed by atoms with van der Waals surface area (Å²) in [6, 6.07) is 12.4. The van der Waals surface area contributed by atoms with Gasteiger partial charge < -0.3 is 0 Å². The van der Waals surface area contributed by atoms with Gasteiger partial charge in [-0.25, -0.2) is 4.90 Å². The van der Waals surface area contributed by atoms with E-state index >= 15 is 0 Å². The zero-order chi connectivity index (χ0) is 21.7. The predicted octanol–water partition coefficient (Wildman–Crippen LogP) is 2.19. The first kappa shape index (κ1) is 18.9. The van der Waals surface area contributed by atoms with Gasteiger partial charge in [-0.2, -0.15) is 5.10 Å². The van der Waals surface area contributed by atoms with Gasteiger partial charge in [0.05, 0.1) is 28.5 Å². The lowest BCUT2D eigenvalue weighted by molar-refractivity contribution is -0.384. The van der Waals surface area contributed by atoms with E-state index in [1.165, 1.54) is 35.5 Å². The second kappa shape index (κ2) is 6.98. The Balaban J connectivity index is 1.58. The Morgan fingerprint density at radius 2 is 1.74 bits per heavy atom. The van der Waals surface area contributed by atoms with Crippen LogP contribution >= 0.6 is 0 Å². The molecule has 0 aliphatic carbocycles. The number of nitro benzene ring substituents is 1. The summed E-state index contributed by atoms with van der Waals surface area (Å²) >= 11 is 0. The van der Waals surface area contributed by atoms with Crippen LogP contribution in [0.25, 0.3) is 0 Å². The molecule has 0 unspecified atom stereocenters. The molecule has 9 nitrogen and oxygen atoms in total. The normalized spacial score (nSPS) is 26.2. The van der Waals surface area contributed by atoms with Crippen LogP contribution in [0.2, 0.25) is 0 Å². The van der Waals surface area contributed by atoms with Crippen molar-refractivity contribution < 1.29 is 19.3 Å². The number of nitrogens with zero attached hydrogens (tertiary/aromatic N) is 4. The average Bonchev–Trinajstić information content (AvgIpc) is 3.26. The van der Waals surface area contributed by atoms with Gasteiger partial charge in [0.25, 0.3) is 5.69 Å². The third kappa shape index (κ3) is 2.77. The molecule has 2 amide bonds. The average molecular weight is 416 g/mol. The molecule has 0 spiro atoms. The zero-order valence-electron chi connectivity index (χ0n) is 16.1. The van der Waals surface area contributed by atoms with E-state index in [-0.39, 0.29) is 17.2 Å². The molecule has 3 aliphatic rings. The van der Waals surface area contributed by atoms with Crippen molar-refractivity contribution in [3.05, 3.63) is 82.4 Å². The number of amides is 2. The van der Waals surface area contributed by atoms with Gasteiger partial charge in [-0.3, -0.25) is 29.5 Å². The van der Waals surface area contributed by atoms with Gasteiger partial charge in [0.15, 0.2) is 5.78 Å². The highest BCUT2D eigenvalue weighted by molar-refractivity contribution is 6.24. The Morgan fingerprint density at radius 1 is 1.00 bits per heavy atom. The molecule has 5 rings (SSSR count). The fraction of sp³-hybridized carbons (Fsp3) is 0.182. The number of hydrazone groups is 1. The summed E-state index contributed by atoms with van der Waals surface area (Å²) in [5.74, 6) is -3.04. The first-order chi connectivity index (χ1) is 15.0. The van der Waals surface area contributed by atoms with Crippen molar-refractivity contribution >= 4 is 35.2 Å². The number of Topliss-reactive ketones (excluding diaryl/α,β-unsaturated/α-hetero) is 1. The van der Waals surface area contributed by atoms with Crippen molar-refractivity contribution in [2.45, 2.75) is 12.1 Å². The van der Waals surface area contributed by atoms with E-state index in [2.05, 4.69) is 5.10 Å². The Morgan fingerprint density at radius 3 is 2.48 bits per heavy atom. The number of hydrogen-bond donors (Lipinski definition) is 0. The van der Waals surface area contributed by atoms with Crippen LogP contribution in [-0.2, 0) is 9.59 Å². The molecule has 31 heavy (non-hydrogen) atoms. The fourth-order valence-corrected chi connectivity index (χ4v) is 4.61. The highest BCUT2D eigenvalue weighted by atomic mass is 16.6. The highest BCUT2D eigenvalue weighted by Crippen LogP contribution is 2.46. The van der Waals surface area contributed by atoms with Crippen LogP contribution in [0.5, 0.6) is 0 Å². The lowest BCUT2D eigenvalue weighted by Gasteiger charge is -2.30. The monoisotopic (exact) mass is 416 g/mol. The maximum Gasteiger partial charge on any atom is 0.270 e. The van der Waals surface area contributed by atoms with Crippen LogP contribution in [-0.4, -0.2) is 45.8 Å². The van der Waals surface area contributed by atoms with E-state index < -0.39 is 40.5 Å². The number of rotatable bonds is 4. The molecule has 2 fully saturated rings. The lowest BCUT2D eigenvalue weighted by Crippen LogP contribution is -2.46. The quantitative estimate of drug-likeness (QED) is 0.327. The number of anilines is 1. The first-order valence-electron chi connectivity index (χ1n) is 9.69. The SMILES string of the molecule is O=C(c1cccc([N+](=O)[O-])c1)[C@@H]1[C@@H]2C(=O)N(c3ccccc3)C(=O)[C@H]2[C@@H]2C=CC=NN12. The predicted molar refractivity (Wildman–Crippen MR) is 110 cm³/mol. The van der Waals surface area contributed by atoms with E-state index in [1.54, 1.807) is 42.5 Å². The molecular formula is C22H16N4O5. The van der Waals surface area contributed by atoms with Crippen molar-refractivity contribution in [1.29, 1.82) is 0 Å². The van der Waals surface area contributed by atoms with Gasteiger partial charge in [-0.1, -0.05) is 36.4 Å². The Kier molecular flexibility index (Phi) is 4.25. The summed E-state index contributed by atoms with van der Waals surface area (Å²) in [5.41, 5.74) is 0.323. The maximum absolute atomic E-state index is 13.5. The molecule has 3 heterocycles. The number of non-ortho nitro benzene ring substituents is 1. The summed E-state index contributed by atoms with van der Waals surface area (Å²) < 4.78 is 0. The van der Waals surface area contributed by atoms with Gasteiger partial charge in [0.2, 0.25) is 11.8 Å². The second-order valence-electron chi connectivity index (χ2n) is 7.54. The largest absolute Gasteiger partial charge is 0.292 e. The number of carbonyl (C=O) groups is 3. The van der Waals surface area contributed by atoms with E-state index in [0.717, 1.165) is 4.90 Å². The van der Waals surface area contributed by atoms with Crippen molar-refractivity contribution in [2.75, 3.05) is 4.90 Å². The lowest BCUT2D eigenvalue weighted by atomic mass is 9.86. The van der Waals surface area contributed by atoms with E-state index in [4.69, 9.17) is 0 Å². The van der Waals surface area contributed by atoms with Crippen molar-refractivity contribution in [3.63, 3.8) is 0 Å². The Hall–Kier alpha value is -4.14. The molecule has 154 valence electrons.